The number of sulfonamides is 1. The predicted octanol–water partition coefficient (Wildman–Crippen LogP) is 5.31. The molecule has 0 saturated carbocycles. The van der Waals surface area contributed by atoms with Gasteiger partial charge in [0.2, 0.25) is 0 Å². The van der Waals surface area contributed by atoms with Gasteiger partial charge in [-0.2, -0.15) is 0 Å². The highest BCUT2D eigenvalue weighted by Gasteiger charge is 2.37. The summed E-state index contributed by atoms with van der Waals surface area (Å²) in [5, 5.41) is 3.72. The smallest absolute Gasteiger partial charge is 0.266 e. The number of aryl methyl sites for hydroxylation is 1. The van der Waals surface area contributed by atoms with E-state index in [0.29, 0.717) is 10.7 Å². The molecule has 0 unspecified atom stereocenters. The lowest BCUT2D eigenvalue weighted by Crippen LogP contribution is -2.47. The molecular formula is C23H19ClN2O2S2. The maximum Gasteiger partial charge on any atom is 0.266 e. The molecule has 0 fully saturated rings. The van der Waals surface area contributed by atoms with Crippen LogP contribution < -0.4 is 5.32 Å². The molecule has 0 spiro atoms. The Kier molecular flexibility index (Phi) is 5.64. The second kappa shape index (κ2) is 8.22. The molecule has 3 aromatic carbocycles. The van der Waals surface area contributed by atoms with Crippen LogP contribution in [0, 0.1) is 6.92 Å². The average molecular weight is 455 g/mol. The molecule has 1 atom stereocenters. The summed E-state index contributed by atoms with van der Waals surface area (Å²) in [6, 6.07) is 22.9. The van der Waals surface area contributed by atoms with Crippen LogP contribution in [-0.2, 0) is 10.0 Å². The van der Waals surface area contributed by atoms with Crippen LogP contribution in [0.15, 0.2) is 89.8 Å². The van der Waals surface area contributed by atoms with E-state index in [9.17, 15) is 8.42 Å². The van der Waals surface area contributed by atoms with E-state index in [1.54, 1.807) is 30.3 Å². The van der Waals surface area contributed by atoms with Crippen molar-refractivity contribution in [1.29, 1.82) is 0 Å². The summed E-state index contributed by atoms with van der Waals surface area (Å²) in [7, 11) is -3.89. The van der Waals surface area contributed by atoms with Crippen molar-refractivity contribution < 1.29 is 8.42 Å². The van der Waals surface area contributed by atoms with Gasteiger partial charge in [-0.25, -0.2) is 12.7 Å². The summed E-state index contributed by atoms with van der Waals surface area (Å²) in [5.74, 6) is 0. The second-order valence-corrected chi connectivity index (χ2v) is 9.57. The van der Waals surface area contributed by atoms with Gasteiger partial charge in [0.1, 0.15) is 0 Å². The number of nitrogens with one attached hydrogen (secondary N) is 1. The van der Waals surface area contributed by atoms with Gasteiger partial charge in [-0.1, -0.05) is 77.8 Å². The van der Waals surface area contributed by atoms with E-state index in [1.165, 1.54) is 4.31 Å². The predicted molar refractivity (Wildman–Crippen MR) is 125 cm³/mol. The highest BCUT2D eigenvalue weighted by Crippen LogP contribution is 2.36. The third-order valence-corrected chi connectivity index (χ3v) is 7.44. The largest absolute Gasteiger partial charge is 0.331 e. The van der Waals surface area contributed by atoms with E-state index in [2.05, 4.69) is 5.32 Å². The lowest BCUT2D eigenvalue weighted by atomic mass is 10.0. The van der Waals surface area contributed by atoms with Gasteiger partial charge in [0.25, 0.3) is 10.0 Å². The lowest BCUT2D eigenvalue weighted by Gasteiger charge is -2.36. The van der Waals surface area contributed by atoms with Gasteiger partial charge in [-0.3, -0.25) is 0 Å². The maximum atomic E-state index is 13.5. The Labute approximate surface area is 186 Å². The first kappa shape index (κ1) is 20.6. The third kappa shape index (κ3) is 3.86. The van der Waals surface area contributed by atoms with Gasteiger partial charge in [-0.05, 0) is 49.0 Å². The van der Waals surface area contributed by atoms with Crippen LogP contribution in [0.4, 0.5) is 0 Å². The SMILES string of the molecule is Cc1ccc(S(=O)(=O)N2C(=S)NC(c3ccccc3Cl)=C[C@H]2c2ccccc2)cc1. The minimum atomic E-state index is -3.89. The molecule has 4 rings (SSSR count). The molecule has 1 aliphatic rings. The Morgan fingerprint density at radius 2 is 1.57 bits per heavy atom. The molecule has 0 aliphatic carbocycles. The van der Waals surface area contributed by atoms with Gasteiger partial charge in [0, 0.05) is 16.3 Å². The van der Waals surface area contributed by atoms with Gasteiger partial charge in [0.15, 0.2) is 5.11 Å². The van der Waals surface area contributed by atoms with Crippen molar-refractivity contribution in [2.24, 2.45) is 0 Å². The molecule has 0 amide bonds. The fraction of sp³-hybridized carbons (Fsp3) is 0.0870. The maximum absolute atomic E-state index is 13.5. The molecule has 1 aliphatic heterocycles. The Morgan fingerprint density at radius 1 is 0.933 bits per heavy atom. The van der Waals surface area contributed by atoms with Gasteiger partial charge in [-0.15, -0.1) is 0 Å². The van der Waals surface area contributed by atoms with Crippen LogP contribution in [0.25, 0.3) is 5.70 Å². The van der Waals surface area contributed by atoms with Crippen molar-refractivity contribution in [3.05, 3.63) is 107 Å². The van der Waals surface area contributed by atoms with E-state index < -0.39 is 16.1 Å². The quantitative estimate of drug-likeness (QED) is 0.543. The number of hydrogen-bond donors (Lipinski definition) is 1. The van der Waals surface area contributed by atoms with Gasteiger partial charge in [0.05, 0.1) is 10.9 Å². The number of benzene rings is 3. The van der Waals surface area contributed by atoms with Crippen LogP contribution >= 0.6 is 23.8 Å². The van der Waals surface area contributed by atoms with Crippen molar-refractivity contribution in [3.63, 3.8) is 0 Å². The summed E-state index contributed by atoms with van der Waals surface area (Å²) >= 11 is 11.9. The van der Waals surface area contributed by atoms with Crippen molar-refractivity contribution in [2.75, 3.05) is 0 Å². The molecule has 7 heteroatoms. The Morgan fingerprint density at radius 3 is 2.23 bits per heavy atom. The highest BCUT2D eigenvalue weighted by molar-refractivity contribution is 7.91. The van der Waals surface area contributed by atoms with Crippen LogP contribution in [0.2, 0.25) is 5.02 Å². The van der Waals surface area contributed by atoms with Crippen LogP contribution in [-0.4, -0.2) is 17.8 Å². The number of halogens is 1. The van der Waals surface area contributed by atoms with Crippen LogP contribution in [0.3, 0.4) is 0 Å². The van der Waals surface area contributed by atoms with E-state index in [0.717, 1.165) is 16.7 Å². The van der Waals surface area contributed by atoms with E-state index in [1.807, 2.05) is 61.5 Å². The summed E-state index contributed by atoms with van der Waals surface area (Å²) in [5.41, 5.74) is 3.22. The van der Waals surface area contributed by atoms with E-state index >= 15 is 0 Å². The zero-order chi connectivity index (χ0) is 21.3. The number of hydrogen-bond acceptors (Lipinski definition) is 3. The topological polar surface area (TPSA) is 49.4 Å². The molecular weight excluding hydrogens is 436 g/mol. The third-order valence-electron chi connectivity index (χ3n) is 4.90. The molecule has 1 heterocycles. The number of nitrogens with zero attached hydrogens (tertiary/aromatic N) is 1. The molecule has 1 N–H and O–H groups in total. The van der Waals surface area contributed by atoms with Crippen molar-refractivity contribution in [2.45, 2.75) is 17.9 Å². The fourth-order valence-electron chi connectivity index (χ4n) is 3.36. The van der Waals surface area contributed by atoms with Crippen LogP contribution in [0.1, 0.15) is 22.7 Å². The minimum absolute atomic E-state index is 0.0989. The monoisotopic (exact) mass is 454 g/mol. The molecule has 0 aromatic heterocycles. The molecule has 0 bridgehead atoms. The molecule has 152 valence electrons. The Balaban J connectivity index is 1.87. The first-order chi connectivity index (χ1) is 14.4. The van der Waals surface area contributed by atoms with Gasteiger partial charge < -0.3 is 5.32 Å². The first-order valence-electron chi connectivity index (χ1n) is 9.32. The minimum Gasteiger partial charge on any atom is -0.331 e. The van der Waals surface area contributed by atoms with E-state index in [4.69, 9.17) is 23.8 Å². The molecule has 0 saturated heterocycles. The Hall–Kier alpha value is -2.67. The lowest BCUT2D eigenvalue weighted by molar-refractivity contribution is 0.479. The first-order valence-corrected chi connectivity index (χ1v) is 11.5. The molecule has 30 heavy (non-hydrogen) atoms. The van der Waals surface area contributed by atoms with Crippen molar-refractivity contribution in [3.8, 4) is 0 Å². The zero-order valence-corrected chi connectivity index (χ0v) is 18.5. The molecule has 3 aromatic rings. The van der Waals surface area contributed by atoms with E-state index in [-0.39, 0.29) is 10.0 Å². The van der Waals surface area contributed by atoms with Gasteiger partial charge >= 0.3 is 0 Å². The number of thiocarbonyl (C=S) groups is 1. The summed E-state index contributed by atoms with van der Waals surface area (Å²) in [4.78, 5) is 0.188. The van der Waals surface area contributed by atoms with Crippen LogP contribution in [0.5, 0.6) is 0 Å². The second-order valence-electron chi connectivity index (χ2n) is 6.96. The average Bonchev–Trinajstić information content (AvgIpc) is 2.74. The number of rotatable bonds is 4. The summed E-state index contributed by atoms with van der Waals surface area (Å²) in [6.07, 6.45) is 1.85. The van der Waals surface area contributed by atoms with Crippen molar-refractivity contribution >= 4 is 44.7 Å². The highest BCUT2D eigenvalue weighted by atomic mass is 35.5. The fourth-order valence-corrected chi connectivity index (χ4v) is 5.57. The molecule has 4 nitrogen and oxygen atoms in total. The Bertz CT molecular complexity index is 1220. The van der Waals surface area contributed by atoms with Crippen molar-refractivity contribution in [1.82, 2.24) is 9.62 Å². The molecule has 0 radical (unpaired) electrons. The summed E-state index contributed by atoms with van der Waals surface area (Å²) < 4.78 is 28.3. The zero-order valence-electron chi connectivity index (χ0n) is 16.1. The standard InChI is InChI=1S/C23H19ClN2O2S2/c1-16-11-13-18(14-12-16)30(27,28)26-22(17-7-3-2-4-8-17)15-21(25-23(26)29)19-9-5-6-10-20(19)24/h2-15,22H,1H3,(H,25,29)/t22-/m0/s1. The normalized spacial score (nSPS) is 16.7. The summed E-state index contributed by atoms with van der Waals surface area (Å²) in [6.45, 7) is 1.91.